The van der Waals surface area contributed by atoms with E-state index >= 15 is 0 Å². The van der Waals surface area contributed by atoms with Crippen molar-refractivity contribution in [2.75, 3.05) is 37.5 Å². The van der Waals surface area contributed by atoms with Gasteiger partial charge < -0.3 is 14.4 Å². The fraction of sp³-hybridized carbons (Fsp3) is 0.559. The normalized spacial score (nSPS) is 32.5. The van der Waals surface area contributed by atoms with Crippen molar-refractivity contribution in [2.24, 2.45) is 23.2 Å². The van der Waals surface area contributed by atoms with E-state index in [9.17, 15) is 13.2 Å². The Morgan fingerprint density at radius 1 is 1.14 bits per heavy atom. The van der Waals surface area contributed by atoms with Crippen LogP contribution in [-0.4, -0.2) is 53.0 Å². The summed E-state index contributed by atoms with van der Waals surface area (Å²) in [5.74, 6) is 0.933. The number of carbonyl (C=O) groups is 1. The van der Waals surface area contributed by atoms with Crippen molar-refractivity contribution in [3.63, 3.8) is 0 Å². The lowest BCUT2D eigenvalue weighted by Gasteiger charge is -2.49. The Hall–Kier alpha value is -2.55. The Labute approximate surface area is 260 Å². The van der Waals surface area contributed by atoms with Crippen LogP contribution in [0.2, 0.25) is 5.02 Å². The summed E-state index contributed by atoms with van der Waals surface area (Å²) >= 11 is 6.42. The minimum absolute atomic E-state index is 0.0376. The molecule has 4 bridgehead atoms. The number of methoxy groups -OCH3 is 1. The van der Waals surface area contributed by atoms with E-state index in [1.165, 1.54) is 16.7 Å². The molecule has 7 nitrogen and oxygen atoms in total. The van der Waals surface area contributed by atoms with Crippen molar-refractivity contribution in [2.45, 2.75) is 63.9 Å². The van der Waals surface area contributed by atoms with Gasteiger partial charge in [0.25, 0.3) is 5.91 Å². The van der Waals surface area contributed by atoms with Crippen LogP contribution >= 0.6 is 11.6 Å². The van der Waals surface area contributed by atoms with Crippen LogP contribution in [0.5, 0.6) is 5.75 Å². The molecule has 2 aromatic rings. The molecule has 2 aromatic carbocycles. The Balaban J connectivity index is 1.31. The summed E-state index contributed by atoms with van der Waals surface area (Å²) in [6.07, 6.45) is 8.36. The summed E-state index contributed by atoms with van der Waals surface area (Å²) in [5, 5.41) is 0.753. The molecule has 0 aromatic heterocycles. The van der Waals surface area contributed by atoms with E-state index in [4.69, 9.17) is 21.1 Å². The van der Waals surface area contributed by atoms with E-state index in [2.05, 4.69) is 27.8 Å². The molecule has 43 heavy (non-hydrogen) atoms. The molecule has 1 fully saturated rings. The van der Waals surface area contributed by atoms with Gasteiger partial charge in [-0.15, -0.1) is 0 Å². The Bertz CT molecular complexity index is 1600. The summed E-state index contributed by atoms with van der Waals surface area (Å²) < 4.78 is 41.6. The molecule has 1 amide bonds. The van der Waals surface area contributed by atoms with Crippen LogP contribution < -0.4 is 14.4 Å². The number of hydrogen-bond donors (Lipinski definition) is 1. The molecule has 1 N–H and O–H groups in total. The molecular formula is C34H41ClN2O5S. The van der Waals surface area contributed by atoms with Gasteiger partial charge in [-0.05, 0) is 109 Å². The first-order chi connectivity index (χ1) is 20.5. The van der Waals surface area contributed by atoms with Crippen molar-refractivity contribution in [3.8, 4) is 5.75 Å². The average molecular weight is 625 g/mol. The van der Waals surface area contributed by atoms with Gasteiger partial charge in [0, 0.05) is 36.2 Å². The van der Waals surface area contributed by atoms with Gasteiger partial charge in [0.2, 0.25) is 10.0 Å². The molecule has 3 aliphatic carbocycles. The zero-order chi connectivity index (χ0) is 30.1. The highest BCUT2D eigenvalue weighted by atomic mass is 35.5. The number of amides is 1. The smallest absolute Gasteiger partial charge is 0.264 e. The zero-order valence-corrected chi connectivity index (χ0v) is 26.8. The lowest BCUT2D eigenvalue weighted by molar-refractivity contribution is -0.00186. The number of fused-ring (bicyclic) bond motifs is 6. The minimum Gasteiger partial charge on any atom is -0.490 e. The lowest BCUT2D eigenvalue weighted by atomic mass is 9.62. The molecule has 230 valence electrons. The van der Waals surface area contributed by atoms with E-state index in [0.717, 1.165) is 68.1 Å². The molecular weight excluding hydrogens is 584 g/mol. The fourth-order valence-electron chi connectivity index (χ4n) is 8.38. The van der Waals surface area contributed by atoms with Crippen LogP contribution in [0.15, 0.2) is 48.0 Å². The quantitative estimate of drug-likeness (QED) is 0.398. The predicted molar refractivity (Wildman–Crippen MR) is 168 cm³/mol. The van der Waals surface area contributed by atoms with Crippen LogP contribution in [0, 0.1) is 23.2 Å². The van der Waals surface area contributed by atoms with E-state index in [1.807, 2.05) is 32.0 Å². The third-order valence-electron chi connectivity index (χ3n) is 10.9. The number of carbonyl (C=O) groups excluding carboxylic acids is 1. The van der Waals surface area contributed by atoms with Crippen LogP contribution in [0.1, 0.15) is 67.4 Å². The van der Waals surface area contributed by atoms with Gasteiger partial charge in [0.15, 0.2) is 0 Å². The summed E-state index contributed by atoms with van der Waals surface area (Å²) in [7, 11) is -2.06. The molecule has 0 radical (unpaired) electrons. The number of benzene rings is 2. The Morgan fingerprint density at radius 2 is 1.95 bits per heavy atom. The van der Waals surface area contributed by atoms with Gasteiger partial charge in [-0.1, -0.05) is 37.6 Å². The number of allylic oxidation sites excluding steroid dienone is 1. The molecule has 3 aliphatic heterocycles. The number of nitrogens with zero attached hydrogens (tertiary/aromatic N) is 1. The molecule has 3 heterocycles. The highest BCUT2D eigenvalue weighted by molar-refractivity contribution is 7.90. The summed E-state index contributed by atoms with van der Waals surface area (Å²) in [4.78, 5) is 15.8. The number of aryl methyl sites for hydroxylation is 1. The number of rotatable bonds is 1. The highest BCUT2D eigenvalue weighted by Gasteiger charge is 2.47. The number of nitrogens with one attached hydrogen (secondary N) is 1. The van der Waals surface area contributed by atoms with E-state index < -0.39 is 21.3 Å². The fourth-order valence-corrected chi connectivity index (χ4v) is 10.2. The molecule has 9 heteroatoms. The van der Waals surface area contributed by atoms with Crippen LogP contribution in [0.25, 0.3) is 0 Å². The topological polar surface area (TPSA) is 84.9 Å². The Kier molecular flexibility index (Phi) is 7.14. The summed E-state index contributed by atoms with van der Waals surface area (Å²) in [6.45, 7) is 6.03. The third-order valence-corrected chi connectivity index (χ3v) is 12.8. The van der Waals surface area contributed by atoms with Crippen LogP contribution in [0.3, 0.4) is 0 Å². The van der Waals surface area contributed by atoms with Crippen molar-refractivity contribution in [1.29, 1.82) is 0 Å². The summed E-state index contributed by atoms with van der Waals surface area (Å²) in [6, 6.07) is 11.6. The number of anilines is 1. The molecule has 8 rings (SSSR count). The summed E-state index contributed by atoms with van der Waals surface area (Å²) in [5.41, 5.74) is 4.27. The molecule has 0 saturated heterocycles. The van der Waals surface area contributed by atoms with Gasteiger partial charge in [-0.2, -0.15) is 0 Å². The monoisotopic (exact) mass is 624 g/mol. The third kappa shape index (κ3) is 5.17. The first kappa shape index (κ1) is 29.2. The van der Waals surface area contributed by atoms with Crippen molar-refractivity contribution in [3.05, 3.63) is 69.8 Å². The average Bonchev–Trinajstić information content (AvgIpc) is 3.05. The van der Waals surface area contributed by atoms with Gasteiger partial charge in [-0.25, -0.2) is 13.1 Å². The number of hydrogen-bond acceptors (Lipinski definition) is 6. The van der Waals surface area contributed by atoms with Gasteiger partial charge >= 0.3 is 0 Å². The van der Waals surface area contributed by atoms with Crippen molar-refractivity contribution >= 4 is 33.2 Å². The lowest BCUT2D eigenvalue weighted by Crippen LogP contribution is -2.50. The molecule has 6 aliphatic rings. The van der Waals surface area contributed by atoms with Crippen molar-refractivity contribution in [1.82, 2.24) is 4.72 Å². The first-order valence-corrected chi connectivity index (χ1v) is 17.6. The van der Waals surface area contributed by atoms with Crippen molar-refractivity contribution < 1.29 is 22.7 Å². The second kappa shape index (κ2) is 10.5. The molecule has 1 spiro atoms. The maximum atomic E-state index is 13.4. The number of ether oxygens (including phenoxy) is 2. The van der Waals surface area contributed by atoms with E-state index in [-0.39, 0.29) is 23.2 Å². The molecule has 1 unspecified atom stereocenters. The SMILES string of the molecule is CO[C@H]1C2=CC(C2)C(C)(C)CS(=O)(=O)NC(=O)c2ccc3c(c2)N(C[C@@H]2CC[C@H]21)C[C@@]1(CCCc2cc(Cl)ccc21)CO3. The number of halogens is 1. The Morgan fingerprint density at radius 3 is 2.70 bits per heavy atom. The molecule has 5 atom stereocenters. The van der Waals surface area contributed by atoms with E-state index in [1.54, 1.807) is 13.2 Å². The first-order valence-electron chi connectivity index (χ1n) is 15.6. The van der Waals surface area contributed by atoms with Crippen LogP contribution in [0.4, 0.5) is 5.69 Å². The van der Waals surface area contributed by atoms with Gasteiger partial charge in [-0.3, -0.25) is 4.79 Å². The second-order valence-corrected chi connectivity index (χ2v) is 16.3. The van der Waals surface area contributed by atoms with Gasteiger partial charge in [0.05, 0.1) is 24.2 Å². The zero-order valence-electron chi connectivity index (χ0n) is 25.2. The van der Waals surface area contributed by atoms with E-state index in [0.29, 0.717) is 24.0 Å². The highest BCUT2D eigenvalue weighted by Crippen LogP contribution is 2.50. The van der Waals surface area contributed by atoms with Crippen LogP contribution in [-0.2, 0) is 26.6 Å². The maximum absolute atomic E-state index is 13.4. The molecule has 1 saturated carbocycles. The van der Waals surface area contributed by atoms with Gasteiger partial charge in [0.1, 0.15) is 5.75 Å². The standard InChI is InChI=1S/C34H41ClN2O5S/c1-33(2)20-43(39,40)36-32(38)22-7-11-30-29(16-22)37(17-23-6-9-27(23)31(41-3)24-13-25(33)14-24)18-34(19-42-30)12-4-5-21-15-26(35)8-10-28(21)34/h7-8,10-11,13,15-16,23,25,27,31H,4-6,9,12,14,17-20H2,1-3H3,(H,36,38)/t23-,25?,27+,31-,34-/m0/s1. The number of sulfonamides is 1. The maximum Gasteiger partial charge on any atom is 0.264 e. The predicted octanol–water partition coefficient (Wildman–Crippen LogP) is 5.90. The second-order valence-electron chi connectivity index (χ2n) is 14.2. The largest absolute Gasteiger partial charge is 0.490 e. The minimum atomic E-state index is -3.87.